The van der Waals surface area contributed by atoms with Crippen molar-refractivity contribution in [2.45, 2.75) is 25.8 Å². The molecule has 1 heterocycles. The zero-order chi connectivity index (χ0) is 9.84. The summed E-state index contributed by atoms with van der Waals surface area (Å²) in [6.07, 6.45) is 1.87. The molecule has 76 valence electrons. The first-order chi connectivity index (χ1) is 6.15. The van der Waals surface area contributed by atoms with Crippen LogP contribution in [0.1, 0.15) is 19.8 Å². The number of urea groups is 1. The minimum absolute atomic E-state index is 0.134. The largest absolute Gasteiger partial charge is 0.328 e. The standard InChI is InChI=1S/C9H19N3O/c1-3-11(2)9(13)12-6-4-8(10)5-7-12/h8H,3-7,10H2,1-2H3. The summed E-state index contributed by atoms with van der Waals surface area (Å²) in [5, 5.41) is 0. The predicted octanol–water partition coefficient (Wildman–Crippen LogP) is 0.481. The summed E-state index contributed by atoms with van der Waals surface area (Å²) in [5.41, 5.74) is 5.75. The Bertz CT molecular complexity index is 176. The molecule has 0 aliphatic carbocycles. The quantitative estimate of drug-likeness (QED) is 0.646. The normalized spacial score (nSPS) is 18.8. The SMILES string of the molecule is CCN(C)C(=O)N1CCC(N)CC1. The van der Waals surface area contributed by atoms with E-state index in [-0.39, 0.29) is 12.1 Å². The maximum absolute atomic E-state index is 11.6. The number of carbonyl (C=O) groups is 1. The van der Waals surface area contributed by atoms with Crippen LogP contribution in [0, 0.1) is 0 Å². The molecule has 0 aromatic carbocycles. The fourth-order valence-corrected chi connectivity index (χ4v) is 1.47. The number of piperidine rings is 1. The first-order valence-corrected chi connectivity index (χ1v) is 4.90. The van der Waals surface area contributed by atoms with E-state index in [1.165, 1.54) is 0 Å². The van der Waals surface area contributed by atoms with Gasteiger partial charge in [-0.25, -0.2) is 4.79 Å². The highest BCUT2D eigenvalue weighted by atomic mass is 16.2. The number of nitrogens with zero attached hydrogens (tertiary/aromatic N) is 2. The van der Waals surface area contributed by atoms with Gasteiger partial charge in [-0.1, -0.05) is 0 Å². The molecule has 4 heteroatoms. The van der Waals surface area contributed by atoms with Gasteiger partial charge in [-0.15, -0.1) is 0 Å². The molecule has 0 aromatic heterocycles. The number of hydrogen-bond donors (Lipinski definition) is 1. The van der Waals surface area contributed by atoms with Crippen molar-refractivity contribution in [2.24, 2.45) is 5.73 Å². The Labute approximate surface area is 79.7 Å². The van der Waals surface area contributed by atoms with E-state index < -0.39 is 0 Å². The molecule has 0 saturated carbocycles. The van der Waals surface area contributed by atoms with Crippen LogP contribution < -0.4 is 5.73 Å². The molecule has 1 rings (SSSR count). The second-order valence-electron chi connectivity index (χ2n) is 3.62. The molecule has 0 atom stereocenters. The molecule has 0 bridgehead atoms. The predicted molar refractivity (Wildman–Crippen MR) is 52.5 cm³/mol. The zero-order valence-electron chi connectivity index (χ0n) is 8.49. The lowest BCUT2D eigenvalue weighted by molar-refractivity contribution is 0.151. The number of amides is 2. The molecule has 0 aromatic rings. The molecule has 1 aliphatic rings. The second-order valence-corrected chi connectivity index (χ2v) is 3.62. The van der Waals surface area contributed by atoms with Gasteiger partial charge in [0, 0.05) is 32.7 Å². The number of hydrogen-bond acceptors (Lipinski definition) is 2. The lowest BCUT2D eigenvalue weighted by Gasteiger charge is -2.32. The van der Waals surface area contributed by atoms with Crippen LogP contribution in [-0.2, 0) is 0 Å². The maximum atomic E-state index is 11.6. The highest BCUT2D eigenvalue weighted by molar-refractivity contribution is 5.74. The molecule has 1 aliphatic heterocycles. The Kier molecular flexibility index (Phi) is 3.54. The number of likely N-dealkylation sites (tertiary alicyclic amines) is 1. The topological polar surface area (TPSA) is 49.6 Å². The average molecular weight is 185 g/mol. The third kappa shape index (κ3) is 2.59. The van der Waals surface area contributed by atoms with Crippen LogP contribution in [-0.4, -0.2) is 48.6 Å². The van der Waals surface area contributed by atoms with Gasteiger partial charge in [0.05, 0.1) is 0 Å². The van der Waals surface area contributed by atoms with Gasteiger partial charge in [-0.2, -0.15) is 0 Å². The minimum Gasteiger partial charge on any atom is -0.328 e. The van der Waals surface area contributed by atoms with E-state index in [1.807, 2.05) is 18.9 Å². The van der Waals surface area contributed by atoms with Gasteiger partial charge >= 0.3 is 6.03 Å². The van der Waals surface area contributed by atoms with E-state index in [0.717, 1.165) is 32.5 Å². The van der Waals surface area contributed by atoms with Gasteiger partial charge in [0.2, 0.25) is 0 Å². The molecule has 1 fully saturated rings. The summed E-state index contributed by atoms with van der Waals surface area (Å²) in [5.74, 6) is 0. The molecule has 0 unspecified atom stereocenters. The Morgan fingerprint density at radius 3 is 2.54 bits per heavy atom. The molecule has 4 nitrogen and oxygen atoms in total. The van der Waals surface area contributed by atoms with Gasteiger partial charge < -0.3 is 15.5 Å². The first-order valence-electron chi connectivity index (χ1n) is 4.90. The van der Waals surface area contributed by atoms with Crippen LogP contribution in [0.5, 0.6) is 0 Å². The van der Waals surface area contributed by atoms with E-state index in [9.17, 15) is 4.79 Å². The van der Waals surface area contributed by atoms with E-state index in [4.69, 9.17) is 5.73 Å². The fraction of sp³-hybridized carbons (Fsp3) is 0.889. The lowest BCUT2D eigenvalue weighted by atomic mass is 10.1. The average Bonchev–Trinajstić information content (AvgIpc) is 2.17. The second kappa shape index (κ2) is 4.46. The Morgan fingerprint density at radius 2 is 2.08 bits per heavy atom. The van der Waals surface area contributed by atoms with Crippen molar-refractivity contribution in [1.82, 2.24) is 9.80 Å². The third-order valence-corrected chi connectivity index (χ3v) is 2.61. The molecule has 0 spiro atoms. The highest BCUT2D eigenvalue weighted by Gasteiger charge is 2.21. The molecular weight excluding hydrogens is 166 g/mol. The number of rotatable bonds is 1. The fourth-order valence-electron chi connectivity index (χ4n) is 1.47. The summed E-state index contributed by atoms with van der Waals surface area (Å²) in [4.78, 5) is 15.3. The van der Waals surface area contributed by atoms with Gasteiger partial charge in [0.25, 0.3) is 0 Å². The molecule has 13 heavy (non-hydrogen) atoms. The smallest absolute Gasteiger partial charge is 0.319 e. The molecular formula is C9H19N3O. The van der Waals surface area contributed by atoms with Crippen LogP contribution in [0.3, 0.4) is 0 Å². The summed E-state index contributed by atoms with van der Waals surface area (Å²) < 4.78 is 0. The van der Waals surface area contributed by atoms with Gasteiger partial charge in [-0.3, -0.25) is 0 Å². The number of nitrogens with two attached hydrogens (primary N) is 1. The third-order valence-electron chi connectivity index (χ3n) is 2.61. The first kappa shape index (κ1) is 10.3. The van der Waals surface area contributed by atoms with Crippen LogP contribution in [0.2, 0.25) is 0 Å². The lowest BCUT2D eigenvalue weighted by Crippen LogP contribution is -2.47. The maximum Gasteiger partial charge on any atom is 0.319 e. The monoisotopic (exact) mass is 185 g/mol. The van der Waals surface area contributed by atoms with E-state index >= 15 is 0 Å². The van der Waals surface area contributed by atoms with Crippen LogP contribution in [0.4, 0.5) is 4.79 Å². The summed E-state index contributed by atoms with van der Waals surface area (Å²) in [6.45, 7) is 4.36. The van der Waals surface area contributed by atoms with Gasteiger partial charge in [-0.05, 0) is 19.8 Å². The van der Waals surface area contributed by atoms with E-state index in [2.05, 4.69) is 0 Å². The molecule has 1 saturated heterocycles. The van der Waals surface area contributed by atoms with Gasteiger partial charge in [0.15, 0.2) is 0 Å². The van der Waals surface area contributed by atoms with Crippen molar-refractivity contribution in [3.63, 3.8) is 0 Å². The van der Waals surface area contributed by atoms with Crippen molar-refractivity contribution in [1.29, 1.82) is 0 Å². The zero-order valence-corrected chi connectivity index (χ0v) is 8.49. The van der Waals surface area contributed by atoms with Crippen molar-refractivity contribution >= 4 is 6.03 Å². The molecule has 2 amide bonds. The Morgan fingerprint density at radius 1 is 1.54 bits per heavy atom. The van der Waals surface area contributed by atoms with Gasteiger partial charge in [0.1, 0.15) is 0 Å². The molecule has 2 N–H and O–H groups in total. The Balaban J connectivity index is 2.40. The Hall–Kier alpha value is -0.770. The summed E-state index contributed by atoms with van der Waals surface area (Å²) >= 11 is 0. The van der Waals surface area contributed by atoms with Crippen LogP contribution in [0.25, 0.3) is 0 Å². The minimum atomic E-state index is 0.134. The van der Waals surface area contributed by atoms with E-state index in [0.29, 0.717) is 0 Å². The van der Waals surface area contributed by atoms with Crippen molar-refractivity contribution in [3.05, 3.63) is 0 Å². The summed E-state index contributed by atoms with van der Waals surface area (Å²) in [7, 11) is 1.83. The van der Waals surface area contributed by atoms with E-state index in [1.54, 1.807) is 4.90 Å². The molecule has 0 radical (unpaired) electrons. The number of carbonyl (C=O) groups excluding carboxylic acids is 1. The van der Waals surface area contributed by atoms with Crippen molar-refractivity contribution in [2.75, 3.05) is 26.7 Å². The highest BCUT2D eigenvalue weighted by Crippen LogP contribution is 2.09. The van der Waals surface area contributed by atoms with Crippen LogP contribution in [0.15, 0.2) is 0 Å². The van der Waals surface area contributed by atoms with Crippen LogP contribution >= 0.6 is 0 Å². The van der Waals surface area contributed by atoms with Crippen molar-refractivity contribution < 1.29 is 4.79 Å². The van der Waals surface area contributed by atoms with Crippen molar-refractivity contribution in [3.8, 4) is 0 Å². The summed E-state index contributed by atoms with van der Waals surface area (Å²) in [6, 6.07) is 0.422.